The van der Waals surface area contributed by atoms with Crippen molar-refractivity contribution in [3.05, 3.63) is 48.0 Å². The van der Waals surface area contributed by atoms with E-state index in [9.17, 15) is 0 Å². The molecule has 0 aliphatic heterocycles. The Balaban J connectivity index is 0.000000531. The average Bonchev–Trinajstić information content (AvgIpc) is 2.68. The zero-order valence-electron chi connectivity index (χ0n) is 9.51. The number of pyridine rings is 1. The molecule has 2 rings (SSSR count). The van der Waals surface area contributed by atoms with Gasteiger partial charge in [-0.25, -0.2) is 0 Å². The van der Waals surface area contributed by atoms with E-state index < -0.39 is 0 Å². The van der Waals surface area contributed by atoms with Crippen LogP contribution in [0.4, 0.5) is 0 Å². The SMILES string of the molecule is CC.Cc1cnn(Cc2cccnc2)c1. The van der Waals surface area contributed by atoms with Crippen LogP contribution >= 0.6 is 0 Å². The van der Waals surface area contributed by atoms with Gasteiger partial charge in [0.05, 0.1) is 12.7 Å². The van der Waals surface area contributed by atoms with E-state index in [-0.39, 0.29) is 0 Å². The monoisotopic (exact) mass is 203 g/mol. The minimum Gasteiger partial charge on any atom is -0.268 e. The number of nitrogens with zero attached hydrogens (tertiary/aromatic N) is 3. The predicted octanol–water partition coefficient (Wildman–Crippen LogP) is 2.66. The zero-order chi connectivity index (χ0) is 11.1. The van der Waals surface area contributed by atoms with Crippen molar-refractivity contribution in [3.63, 3.8) is 0 Å². The van der Waals surface area contributed by atoms with Gasteiger partial charge in [-0.05, 0) is 24.1 Å². The first kappa shape index (κ1) is 11.4. The van der Waals surface area contributed by atoms with Crippen molar-refractivity contribution in [2.75, 3.05) is 0 Å². The molecule has 0 saturated heterocycles. The second-order valence-electron chi connectivity index (χ2n) is 3.08. The summed E-state index contributed by atoms with van der Waals surface area (Å²) in [4.78, 5) is 4.05. The lowest BCUT2D eigenvalue weighted by atomic mass is 10.3. The van der Waals surface area contributed by atoms with E-state index >= 15 is 0 Å². The third kappa shape index (κ3) is 3.54. The van der Waals surface area contributed by atoms with Crippen LogP contribution in [0.2, 0.25) is 0 Å². The highest BCUT2D eigenvalue weighted by molar-refractivity contribution is 5.09. The maximum atomic E-state index is 4.20. The molecule has 15 heavy (non-hydrogen) atoms. The van der Waals surface area contributed by atoms with Gasteiger partial charge < -0.3 is 0 Å². The molecule has 2 aromatic rings. The average molecular weight is 203 g/mol. The molecular weight excluding hydrogens is 186 g/mol. The van der Waals surface area contributed by atoms with Gasteiger partial charge in [-0.1, -0.05) is 19.9 Å². The van der Waals surface area contributed by atoms with E-state index in [1.54, 1.807) is 6.20 Å². The summed E-state index contributed by atoms with van der Waals surface area (Å²) >= 11 is 0. The molecule has 0 aromatic carbocycles. The van der Waals surface area contributed by atoms with E-state index in [0.29, 0.717) is 0 Å². The summed E-state index contributed by atoms with van der Waals surface area (Å²) in [6.07, 6.45) is 7.51. The third-order valence-electron chi connectivity index (χ3n) is 1.83. The number of aromatic nitrogens is 3. The van der Waals surface area contributed by atoms with Gasteiger partial charge in [-0.3, -0.25) is 9.67 Å². The van der Waals surface area contributed by atoms with Crippen LogP contribution in [-0.2, 0) is 6.54 Å². The lowest BCUT2D eigenvalue weighted by Gasteiger charge is -1.99. The summed E-state index contributed by atoms with van der Waals surface area (Å²) in [7, 11) is 0. The van der Waals surface area contributed by atoms with Crippen LogP contribution in [0.25, 0.3) is 0 Å². The first-order valence-corrected chi connectivity index (χ1v) is 5.22. The van der Waals surface area contributed by atoms with E-state index in [1.807, 2.05) is 56.2 Å². The van der Waals surface area contributed by atoms with Gasteiger partial charge in [0.25, 0.3) is 0 Å². The van der Waals surface area contributed by atoms with Gasteiger partial charge in [-0.15, -0.1) is 0 Å². The molecule has 0 spiro atoms. The van der Waals surface area contributed by atoms with Gasteiger partial charge in [0, 0.05) is 18.6 Å². The molecule has 0 N–H and O–H groups in total. The number of aryl methyl sites for hydroxylation is 1. The molecule has 0 radical (unpaired) electrons. The maximum absolute atomic E-state index is 4.20. The summed E-state index contributed by atoms with van der Waals surface area (Å²) in [6.45, 7) is 6.83. The topological polar surface area (TPSA) is 30.7 Å². The highest BCUT2D eigenvalue weighted by Crippen LogP contribution is 2.00. The third-order valence-corrected chi connectivity index (χ3v) is 1.83. The van der Waals surface area contributed by atoms with Gasteiger partial charge in [0.2, 0.25) is 0 Å². The van der Waals surface area contributed by atoms with E-state index in [4.69, 9.17) is 0 Å². The Morgan fingerprint density at radius 3 is 2.60 bits per heavy atom. The molecule has 0 bridgehead atoms. The van der Waals surface area contributed by atoms with E-state index in [0.717, 1.165) is 6.54 Å². The maximum Gasteiger partial charge on any atom is 0.0674 e. The van der Waals surface area contributed by atoms with Crippen LogP contribution in [0.15, 0.2) is 36.9 Å². The van der Waals surface area contributed by atoms with Gasteiger partial charge in [0.15, 0.2) is 0 Å². The predicted molar refractivity (Wildman–Crippen MR) is 61.7 cm³/mol. The molecule has 0 amide bonds. The smallest absolute Gasteiger partial charge is 0.0674 e. The molecule has 0 atom stereocenters. The van der Waals surface area contributed by atoms with Gasteiger partial charge >= 0.3 is 0 Å². The minimum absolute atomic E-state index is 0.793. The van der Waals surface area contributed by atoms with Crippen LogP contribution in [0, 0.1) is 6.92 Å². The van der Waals surface area contributed by atoms with Crippen molar-refractivity contribution in [2.24, 2.45) is 0 Å². The molecule has 0 unspecified atom stereocenters. The van der Waals surface area contributed by atoms with Gasteiger partial charge in [-0.2, -0.15) is 5.10 Å². The normalized spacial score (nSPS) is 9.27. The quantitative estimate of drug-likeness (QED) is 0.751. The molecule has 80 valence electrons. The molecule has 2 heterocycles. The van der Waals surface area contributed by atoms with Crippen LogP contribution in [0.5, 0.6) is 0 Å². The van der Waals surface area contributed by atoms with E-state index in [2.05, 4.69) is 10.1 Å². The fourth-order valence-corrected chi connectivity index (χ4v) is 1.23. The van der Waals surface area contributed by atoms with Crippen molar-refractivity contribution >= 4 is 0 Å². The van der Waals surface area contributed by atoms with Crippen molar-refractivity contribution in [2.45, 2.75) is 27.3 Å². The van der Waals surface area contributed by atoms with E-state index in [1.165, 1.54) is 11.1 Å². The zero-order valence-corrected chi connectivity index (χ0v) is 9.51. The lowest BCUT2D eigenvalue weighted by molar-refractivity contribution is 0.684. The fourth-order valence-electron chi connectivity index (χ4n) is 1.23. The molecular formula is C12H17N3. The Morgan fingerprint density at radius 1 is 1.27 bits per heavy atom. The highest BCUT2D eigenvalue weighted by Gasteiger charge is 1.95. The second-order valence-corrected chi connectivity index (χ2v) is 3.08. The summed E-state index contributed by atoms with van der Waals surface area (Å²) < 4.78 is 1.91. The van der Waals surface area contributed by atoms with Crippen LogP contribution in [0.1, 0.15) is 25.0 Å². The Morgan fingerprint density at radius 2 is 2.07 bits per heavy atom. The highest BCUT2D eigenvalue weighted by atomic mass is 15.3. The summed E-state index contributed by atoms with van der Waals surface area (Å²) in [5, 5.41) is 4.20. The summed E-state index contributed by atoms with van der Waals surface area (Å²) in [5.74, 6) is 0. The molecule has 3 nitrogen and oxygen atoms in total. The Labute approximate surface area is 90.8 Å². The van der Waals surface area contributed by atoms with Crippen molar-refractivity contribution < 1.29 is 0 Å². The van der Waals surface area contributed by atoms with Gasteiger partial charge in [0.1, 0.15) is 0 Å². The molecule has 0 saturated carbocycles. The summed E-state index contributed by atoms with van der Waals surface area (Å²) in [6, 6.07) is 3.98. The first-order chi connectivity index (χ1) is 7.34. The Kier molecular flexibility index (Phi) is 4.54. The standard InChI is InChI=1S/C10H11N3.C2H6/c1-9-5-12-13(7-9)8-10-3-2-4-11-6-10;1-2/h2-7H,8H2,1H3;1-2H3. The van der Waals surface area contributed by atoms with Crippen molar-refractivity contribution in [1.82, 2.24) is 14.8 Å². The largest absolute Gasteiger partial charge is 0.268 e. The Bertz CT molecular complexity index is 379. The van der Waals surface area contributed by atoms with Crippen LogP contribution < -0.4 is 0 Å². The fraction of sp³-hybridized carbons (Fsp3) is 0.333. The van der Waals surface area contributed by atoms with Crippen LogP contribution in [0.3, 0.4) is 0 Å². The summed E-state index contributed by atoms with van der Waals surface area (Å²) in [5.41, 5.74) is 2.36. The number of hydrogen-bond acceptors (Lipinski definition) is 2. The van der Waals surface area contributed by atoms with Crippen molar-refractivity contribution in [3.8, 4) is 0 Å². The first-order valence-electron chi connectivity index (χ1n) is 5.22. The Hall–Kier alpha value is -1.64. The number of rotatable bonds is 2. The number of hydrogen-bond donors (Lipinski definition) is 0. The van der Waals surface area contributed by atoms with Crippen molar-refractivity contribution in [1.29, 1.82) is 0 Å². The molecule has 2 aromatic heterocycles. The second kappa shape index (κ2) is 5.96. The van der Waals surface area contributed by atoms with Crippen LogP contribution in [-0.4, -0.2) is 14.8 Å². The molecule has 0 aliphatic rings. The lowest BCUT2D eigenvalue weighted by Crippen LogP contribution is -1.99. The minimum atomic E-state index is 0.793. The molecule has 0 fully saturated rings. The molecule has 3 heteroatoms. The molecule has 0 aliphatic carbocycles.